The lowest BCUT2D eigenvalue weighted by Gasteiger charge is -2.02. The fraction of sp³-hybridized carbons (Fsp3) is 0.167. The number of carboxylic acids is 1. The average molecular weight is 321 g/mol. The zero-order valence-electron chi connectivity index (χ0n) is 9.49. The number of aliphatic carboxylic acids is 1. The average Bonchev–Trinajstić information content (AvgIpc) is 2.71. The molecule has 0 radical (unpaired) electrons. The minimum absolute atomic E-state index is 0.0403. The van der Waals surface area contributed by atoms with Crippen LogP contribution in [0.1, 0.15) is 12.2 Å². The van der Waals surface area contributed by atoms with Crippen molar-refractivity contribution in [2.24, 2.45) is 0 Å². The van der Waals surface area contributed by atoms with E-state index in [1.165, 1.54) is 0 Å². The third-order valence-corrected chi connectivity index (χ3v) is 3.33. The Labute approximate surface area is 123 Å². The minimum Gasteiger partial charge on any atom is -0.481 e. The van der Waals surface area contributed by atoms with E-state index in [9.17, 15) is 4.79 Å². The van der Waals surface area contributed by atoms with Crippen molar-refractivity contribution in [1.82, 2.24) is 4.98 Å². The molecule has 0 saturated carbocycles. The molecule has 0 aliphatic heterocycles. The molecule has 0 atom stereocenters. The molecule has 0 fully saturated rings. The van der Waals surface area contributed by atoms with Crippen LogP contribution in [0.2, 0.25) is 15.4 Å². The summed E-state index contributed by atoms with van der Waals surface area (Å²) >= 11 is 17.5. The number of aromatic nitrogens is 1. The maximum Gasteiger partial charge on any atom is 0.303 e. The summed E-state index contributed by atoms with van der Waals surface area (Å²) in [4.78, 5) is 14.6. The Morgan fingerprint density at radius 1 is 1.26 bits per heavy atom. The van der Waals surface area contributed by atoms with Crippen LogP contribution in [0.15, 0.2) is 22.6 Å². The number of rotatable bonds is 4. The molecule has 7 heteroatoms. The summed E-state index contributed by atoms with van der Waals surface area (Å²) in [6, 6.07) is 4.97. The second-order valence-corrected chi connectivity index (χ2v) is 4.90. The second kappa shape index (κ2) is 5.82. The van der Waals surface area contributed by atoms with Crippen molar-refractivity contribution in [1.29, 1.82) is 0 Å². The fourth-order valence-electron chi connectivity index (χ4n) is 1.58. The molecule has 0 aliphatic rings. The molecule has 0 spiro atoms. The maximum atomic E-state index is 10.6. The summed E-state index contributed by atoms with van der Waals surface area (Å²) in [5.41, 5.74) is 1.15. The maximum absolute atomic E-state index is 10.6. The molecule has 1 N–H and O–H groups in total. The van der Waals surface area contributed by atoms with Gasteiger partial charge in [-0.2, -0.15) is 4.98 Å². The van der Waals surface area contributed by atoms with Crippen LogP contribution in [-0.2, 0) is 11.2 Å². The van der Waals surface area contributed by atoms with Gasteiger partial charge < -0.3 is 9.52 Å². The van der Waals surface area contributed by atoms with Gasteiger partial charge in [-0.3, -0.25) is 4.79 Å². The monoisotopic (exact) mass is 319 g/mol. The molecule has 1 heterocycles. The predicted molar refractivity (Wildman–Crippen MR) is 72.9 cm³/mol. The van der Waals surface area contributed by atoms with Crippen molar-refractivity contribution >= 4 is 40.8 Å². The molecule has 19 heavy (non-hydrogen) atoms. The normalized spacial score (nSPS) is 10.7. The SMILES string of the molecule is O=C(O)CCc1oc(Cl)nc1-c1ccc(Cl)c(Cl)c1. The third kappa shape index (κ3) is 3.41. The molecular weight excluding hydrogens is 312 g/mol. The lowest BCUT2D eigenvalue weighted by Crippen LogP contribution is -1.97. The molecule has 100 valence electrons. The Morgan fingerprint density at radius 2 is 2.00 bits per heavy atom. The lowest BCUT2D eigenvalue weighted by molar-refractivity contribution is -0.137. The standard InChI is InChI=1S/C12H8Cl3NO3/c13-7-2-1-6(5-8(7)14)11-9(3-4-10(17)18)19-12(15)16-11/h1-2,5H,3-4H2,(H,17,18). The Bertz CT molecular complexity index is 625. The summed E-state index contributed by atoms with van der Waals surface area (Å²) < 4.78 is 5.20. The minimum atomic E-state index is -0.924. The van der Waals surface area contributed by atoms with E-state index in [2.05, 4.69) is 4.98 Å². The molecule has 0 bridgehead atoms. The first-order valence-corrected chi connectivity index (χ1v) is 6.43. The number of carbonyl (C=O) groups is 1. The van der Waals surface area contributed by atoms with E-state index < -0.39 is 5.97 Å². The van der Waals surface area contributed by atoms with E-state index in [0.717, 1.165) is 0 Å². The van der Waals surface area contributed by atoms with E-state index in [1.807, 2.05) is 0 Å². The van der Waals surface area contributed by atoms with Crippen LogP contribution in [0.5, 0.6) is 0 Å². The van der Waals surface area contributed by atoms with Crippen LogP contribution in [0.4, 0.5) is 0 Å². The summed E-state index contributed by atoms with van der Waals surface area (Å²) in [6.07, 6.45) is 0.129. The highest BCUT2D eigenvalue weighted by molar-refractivity contribution is 6.42. The van der Waals surface area contributed by atoms with E-state index in [0.29, 0.717) is 27.1 Å². The summed E-state index contributed by atoms with van der Waals surface area (Å²) in [7, 11) is 0. The zero-order chi connectivity index (χ0) is 14.0. The molecule has 0 saturated heterocycles. The van der Waals surface area contributed by atoms with Crippen molar-refractivity contribution < 1.29 is 14.3 Å². The highest BCUT2D eigenvalue weighted by atomic mass is 35.5. The van der Waals surface area contributed by atoms with E-state index in [1.54, 1.807) is 18.2 Å². The van der Waals surface area contributed by atoms with E-state index >= 15 is 0 Å². The summed E-state index contributed by atoms with van der Waals surface area (Å²) in [5.74, 6) is -0.515. The van der Waals surface area contributed by atoms with Crippen molar-refractivity contribution in [3.05, 3.63) is 39.4 Å². The van der Waals surface area contributed by atoms with Gasteiger partial charge in [-0.25, -0.2) is 0 Å². The topological polar surface area (TPSA) is 63.3 Å². The van der Waals surface area contributed by atoms with Gasteiger partial charge in [0.1, 0.15) is 11.5 Å². The van der Waals surface area contributed by atoms with Crippen LogP contribution >= 0.6 is 34.8 Å². The highest BCUT2D eigenvalue weighted by Gasteiger charge is 2.16. The first-order valence-electron chi connectivity index (χ1n) is 5.30. The number of aryl methyl sites for hydroxylation is 1. The number of oxazole rings is 1. The fourth-order valence-corrected chi connectivity index (χ4v) is 2.06. The van der Waals surface area contributed by atoms with Crippen LogP contribution in [0.25, 0.3) is 11.3 Å². The smallest absolute Gasteiger partial charge is 0.303 e. The number of nitrogens with zero attached hydrogens (tertiary/aromatic N) is 1. The van der Waals surface area contributed by atoms with Gasteiger partial charge in [-0.05, 0) is 23.7 Å². The first kappa shape index (κ1) is 14.2. The van der Waals surface area contributed by atoms with Crippen LogP contribution in [-0.4, -0.2) is 16.1 Å². The zero-order valence-corrected chi connectivity index (χ0v) is 11.8. The van der Waals surface area contributed by atoms with Crippen molar-refractivity contribution in [2.75, 3.05) is 0 Å². The quantitative estimate of drug-likeness (QED) is 0.911. The van der Waals surface area contributed by atoms with Gasteiger partial charge in [0.15, 0.2) is 0 Å². The van der Waals surface area contributed by atoms with Gasteiger partial charge in [0, 0.05) is 12.0 Å². The van der Waals surface area contributed by atoms with Crippen molar-refractivity contribution in [2.45, 2.75) is 12.8 Å². The first-order chi connectivity index (χ1) is 8.97. The predicted octanol–water partition coefficient (Wildman–Crippen LogP) is 4.32. The number of hydrogen-bond acceptors (Lipinski definition) is 3. The Hall–Kier alpha value is -1.23. The van der Waals surface area contributed by atoms with E-state index in [4.69, 9.17) is 44.3 Å². The highest BCUT2D eigenvalue weighted by Crippen LogP contribution is 2.31. The van der Waals surface area contributed by atoms with Gasteiger partial charge >= 0.3 is 5.97 Å². The Balaban J connectivity index is 2.37. The third-order valence-electron chi connectivity index (χ3n) is 2.43. The molecule has 2 aromatic rings. The Kier molecular flexibility index (Phi) is 4.34. The second-order valence-electron chi connectivity index (χ2n) is 3.76. The van der Waals surface area contributed by atoms with Gasteiger partial charge in [0.05, 0.1) is 16.5 Å². The molecule has 0 amide bonds. The molecule has 0 aliphatic carbocycles. The molecule has 0 unspecified atom stereocenters. The number of carboxylic acid groups (broad SMARTS) is 1. The van der Waals surface area contributed by atoms with Crippen LogP contribution < -0.4 is 0 Å². The summed E-state index contributed by atoms with van der Waals surface area (Å²) in [6.45, 7) is 0. The van der Waals surface area contributed by atoms with Crippen LogP contribution in [0.3, 0.4) is 0 Å². The Morgan fingerprint density at radius 3 is 2.63 bits per heavy atom. The number of benzene rings is 1. The van der Waals surface area contributed by atoms with Gasteiger partial charge in [-0.15, -0.1) is 0 Å². The van der Waals surface area contributed by atoms with Crippen molar-refractivity contribution in [3.63, 3.8) is 0 Å². The molecule has 1 aromatic heterocycles. The molecular formula is C12H8Cl3NO3. The molecule has 4 nitrogen and oxygen atoms in total. The molecule has 1 aromatic carbocycles. The van der Waals surface area contributed by atoms with Crippen molar-refractivity contribution in [3.8, 4) is 11.3 Å². The largest absolute Gasteiger partial charge is 0.481 e. The van der Waals surface area contributed by atoms with Gasteiger partial charge in [-0.1, -0.05) is 29.3 Å². The van der Waals surface area contributed by atoms with Crippen LogP contribution in [0, 0.1) is 0 Å². The number of hydrogen-bond donors (Lipinski definition) is 1. The summed E-state index contributed by atoms with van der Waals surface area (Å²) in [5, 5.41) is 9.45. The van der Waals surface area contributed by atoms with E-state index in [-0.39, 0.29) is 18.2 Å². The van der Waals surface area contributed by atoms with Gasteiger partial charge in [0.2, 0.25) is 0 Å². The number of halogens is 3. The van der Waals surface area contributed by atoms with Gasteiger partial charge in [0.25, 0.3) is 5.35 Å². The lowest BCUT2D eigenvalue weighted by atomic mass is 10.1. The molecule has 2 rings (SSSR count).